The van der Waals surface area contributed by atoms with Gasteiger partial charge in [0.15, 0.2) is 0 Å². The summed E-state index contributed by atoms with van der Waals surface area (Å²) in [6.45, 7) is 4.34. The molecule has 6 nitrogen and oxygen atoms in total. The number of nitrogens with zero attached hydrogens (tertiary/aromatic N) is 2. The number of likely N-dealkylation sites (tertiary alicyclic amines) is 1. The summed E-state index contributed by atoms with van der Waals surface area (Å²) >= 11 is 6.04. The normalized spacial score (nSPS) is 18.8. The van der Waals surface area contributed by atoms with E-state index in [1.165, 1.54) is 12.1 Å². The van der Waals surface area contributed by atoms with Crippen LogP contribution in [0.25, 0.3) is 0 Å². The van der Waals surface area contributed by atoms with Crippen molar-refractivity contribution in [3.8, 4) is 0 Å². The summed E-state index contributed by atoms with van der Waals surface area (Å²) in [5.74, 6) is -0.277. The third-order valence-electron chi connectivity index (χ3n) is 4.08. The number of halogens is 1. The lowest BCUT2D eigenvalue weighted by Gasteiger charge is -2.36. The molecule has 0 saturated carbocycles. The van der Waals surface area contributed by atoms with E-state index < -0.39 is 10.0 Å². The van der Waals surface area contributed by atoms with Crippen LogP contribution in [-0.4, -0.2) is 50.8 Å². The number of hydrogen-bond donors (Lipinski definition) is 1. The summed E-state index contributed by atoms with van der Waals surface area (Å²) < 4.78 is 25.6. The van der Waals surface area contributed by atoms with Gasteiger partial charge in [0.2, 0.25) is 10.0 Å². The van der Waals surface area contributed by atoms with Gasteiger partial charge in [-0.3, -0.25) is 14.5 Å². The van der Waals surface area contributed by atoms with Gasteiger partial charge in [-0.2, -0.15) is 0 Å². The molecule has 1 aliphatic rings. The maximum atomic E-state index is 13.1. The number of sulfonamides is 1. The number of nitrogens with one attached hydrogen (secondary N) is 1. The van der Waals surface area contributed by atoms with Crippen molar-refractivity contribution < 1.29 is 13.2 Å². The molecule has 0 aliphatic carbocycles. The molecule has 1 N–H and O–H groups in total. The van der Waals surface area contributed by atoms with Crippen molar-refractivity contribution in [2.45, 2.75) is 25.3 Å². The van der Waals surface area contributed by atoms with Crippen LogP contribution in [0.5, 0.6) is 0 Å². The number of benzene rings is 1. The zero-order valence-electron chi connectivity index (χ0n) is 14.3. The lowest BCUT2D eigenvalue weighted by atomic mass is 9.96. The lowest BCUT2D eigenvalue weighted by Crippen LogP contribution is -2.47. The van der Waals surface area contributed by atoms with E-state index in [2.05, 4.69) is 16.3 Å². The van der Waals surface area contributed by atoms with Crippen molar-refractivity contribution in [3.63, 3.8) is 0 Å². The molecular formula is C17H22ClN3O3S. The van der Waals surface area contributed by atoms with Gasteiger partial charge in [-0.25, -0.2) is 8.42 Å². The second kappa shape index (κ2) is 8.01. The molecule has 2 rings (SSSR count). The minimum atomic E-state index is -3.52. The topological polar surface area (TPSA) is 78.8 Å². The molecule has 1 heterocycles. The number of carbonyl (C=O) groups is 1. The van der Waals surface area contributed by atoms with Gasteiger partial charge >= 0.3 is 0 Å². The average Bonchev–Trinajstić information content (AvgIpc) is 2.56. The number of aliphatic imine (C=N–C) groups is 1. The second-order valence-corrected chi connectivity index (χ2v) is 8.11. The zero-order chi connectivity index (χ0) is 18.6. The number of piperidine rings is 1. The summed E-state index contributed by atoms with van der Waals surface area (Å²) in [6, 6.07) is 4.36. The van der Waals surface area contributed by atoms with Gasteiger partial charge in [0.05, 0.1) is 29.3 Å². The Hall–Kier alpha value is -1.86. The van der Waals surface area contributed by atoms with Gasteiger partial charge in [0.25, 0.3) is 5.91 Å². The zero-order valence-corrected chi connectivity index (χ0v) is 15.9. The predicted molar refractivity (Wildman–Crippen MR) is 102 cm³/mol. The highest BCUT2D eigenvalue weighted by Crippen LogP contribution is 2.27. The standard InChI is InChI=1S/C17H22ClN3O3S/c1-4-14(19-2)16-7-5-6-10-21(16)17(22)13-11-12(18)8-9-15(13)20-25(3,23)24/h4,8-9,11,16,20H,1,5-7,10H2,2-3H3. The van der Waals surface area contributed by atoms with Crippen LogP contribution in [0.15, 0.2) is 35.8 Å². The Morgan fingerprint density at radius 2 is 2.16 bits per heavy atom. The highest BCUT2D eigenvalue weighted by atomic mass is 35.5. The molecule has 0 aromatic heterocycles. The number of hydrogen-bond acceptors (Lipinski definition) is 4. The molecule has 0 radical (unpaired) electrons. The highest BCUT2D eigenvalue weighted by molar-refractivity contribution is 7.92. The fourth-order valence-corrected chi connectivity index (χ4v) is 3.74. The molecule has 1 atom stereocenters. The molecule has 0 spiro atoms. The minimum Gasteiger partial charge on any atom is -0.330 e. The monoisotopic (exact) mass is 383 g/mol. The summed E-state index contributed by atoms with van der Waals surface area (Å²) in [5.41, 5.74) is 1.19. The average molecular weight is 384 g/mol. The van der Waals surface area contributed by atoms with Crippen molar-refractivity contribution in [2.24, 2.45) is 4.99 Å². The quantitative estimate of drug-likeness (QED) is 0.794. The van der Waals surface area contributed by atoms with Crippen LogP contribution in [0, 0.1) is 0 Å². The second-order valence-electron chi connectivity index (χ2n) is 5.93. The molecule has 1 saturated heterocycles. The smallest absolute Gasteiger partial charge is 0.256 e. The van der Waals surface area contributed by atoms with Gasteiger partial charge in [-0.15, -0.1) is 0 Å². The fraction of sp³-hybridized carbons (Fsp3) is 0.412. The maximum Gasteiger partial charge on any atom is 0.256 e. The fourth-order valence-electron chi connectivity index (χ4n) is 3.00. The van der Waals surface area contributed by atoms with Gasteiger partial charge in [0.1, 0.15) is 0 Å². The van der Waals surface area contributed by atoms with E-state index in [0.29, 0.717) is 11.6 Å². The Labute approximate surface area is 153 Å². The summed E-state index contributed by atoms with van der Waals surface area (Å²) in [4.78, 5) is 19.1. The molecule has 1 aromatic carbocycles. The van der Waals surface area contributed by atoms with Crippen molar-refractivity contribution in [1.82, 2.24) is 4.90 Å². The molecule has 1 fully saturated rings. The molecular weight excluding hydrogens is 362 g/mol. The third-order valence-corrected chi connectivity index (χ3v) is 4.91. The Morgan fingerprint density at radius 3 is 2.76 bits per heavy atom. The Balaban J connectivity index is 2.44. The largest absolute Gasteiger partial charge is 0.330 e. The van der Waals surface area contributed by atoms with Crippen LogP contribution in [0.3, 0.4) is 0 Å². The van der Waals surface area contributed by atoms with Crippen molar-refractivity contribution >= 4 is 38.9 Å². The minimum absolute atomic E-state index is 0.172. The molecule has 1 aromatic rings. The van der Waals surface area contributed by atoms with E-state index in [0.717, 1.165) is 31.2 Å². The van der Waals surface area contributed by atoms with Crippen LogP contribution in [0.1, 0.15) is 29.6 Å². The van der Waals surface area contributed by atoms with Crippen LogP contribution in [-0.2, 0) is 10.0 Å². The van der Waals surface area contributed by atoms with Crippen LogP contribution >= 0.6 is 11.6 Å². The SMILES string of the molecule is C=CC(=NC)C1CCCCN1C(=O)c1cc(Cl)ccc1NS(C)(=O)=O. The summed E-state index contributed by atoms with van der Waals surface area (Å²) in [6.07, 6.45) is 5.36. The summed E-state index contributed by atoms with van der Waals surface area (Å²) in [5, 5.41) is 0.365. The first-order chi connectivity index (χ1) is 11.8. The number of rotatable bonds is 5. The van der Waals surface area contributed by atoms with Gasteiger partial charge in [-0.05, 0) is 43.5 Å². The predicted octanol–water partition coefficient (Wildman–Crippen LogP) is 2.96. The van der Waals surface area contributed by atoms with Crippen LogP contribution in [0.2, 0.25) is 5.02 Å². The van der Waals surface area contributed by atoms with Crippen LogP contribution in [0.4, 0.5) is 5.69 Å². The Morgan fingerprint density at radius 1 is 1.44 bits per heavy atom. The lowest BCUT2D eigenvalue weighted by molar-refractivity contribution is 0.0682. The van der Waals surface area contributed by atoms with E-state index in [-0.39, 0.29) is 23.2 Å². The summed E-state index contributed by atoms with van der Waals surface area (Å²) in [7, 11) is -1.85. The van der Waals surface area contributed by atoms with Crippen LogP contribution < -0.4 is 4.72 Å². The molecule has 136 valence electrons. The van der Waals surface area contributed by atoms with Crippen molar-refractivity contribution in [1.29, 1.82) is 0 Å². The van der Waals surface area contributed by atoms with Crippen molar-refractivity contribution in [2.75, 3.05) is 24.6 Å². The van der Waals surface area contributed by atoms with E-state index in [4.69, 9.17) is 11.6 Å². The van der Waals surface area contributed by atoms with Gasteiger partial charge in [-0.1, -0.05) is 18.2 Å². The molecule has 1 amide bonds. The first-order valence-electron chi connectivity index (χ1n) is 7.94. The molecule has 25 heavy (non-hydrogen) atoms. The molecule has 0 bridgehead atoms. The van der Waals surface area contributed by atoms with Gasteiger partial charge in [0, 0.05) is 18.6 Å². The molecule has 1 aliphatic heterocycles. The number of anilines is 1. The number of amides is 1. The van der Waals surface area contributed by atoms with E-state index in [1.54, 1.807) is 24.1 Å². The van der Waals surface area contributed by atoms with Crippen molar-refractivity contribution in [3.05, 3.63) is 41.4 Å². The molecule has 1 unspecified atom stereocenters. The Bertz CT molecular complexity index is 805. The first-order valence-corrected chi connectivity index (χ1v) is 10.2. The Kier molecular flexibility index (Phi) is 6.24. The maximum absolute atomic E-state index is 13.1. The van der Waals surface area contributed by atoms with E-state index in [1.807, 2.05) is 0 Å². The van der Waals surface area contributed by atoms with E-state index in [9.17, 15) is 13.2 Å². The highest BCUT2D eigenvalue weighted by Gasteiger charge is 2.31. The first kappa shape index (κ1) is 19.5. The van der Waals surface area contributed by atoms with Gasteiger partial charge < -0.3 is 4.90 Å². The third kappa shape index (κ3) is 4.83. The van der Waals surface area contributed by atoms with E-state index >= 15 is 0 Å². The molecule has 8 heteroatoms. The number of carbonyl (C=O) groups excluding carboxylic acids is 1.